The van der Waals surface area contributed by atoms with E-state index in [0.717, 1.165) is 4.88 Å². The van der Waals surface area contributed by atoms with Crippen LogP contribution < -0.4 is 16.2 Å². The molecule has 0 aliphatic carbocycles. The summed E-state index contributed by atoms with van der Waals surface area (Å²) in [5, 5.41) is 1.93. The molecule has 0 saturated carbocycles. The average molecular weight is 325 g/mol. The van der Waals surface area contributed by atoms with Gasteiger partial charge in [0.15, 0.2) is 0 Å². The number of nitrogen functional groups attached to an aromatic ring is 1. The molecule has 6 nitrogen and oxygen atoms in total. The van der Waals surface area contributed by atoms with E-state index < -0.39 is 15.9 Å². The highest BCUT2D eigenvalue weighted by Crippen LogP contribution is 2.19. The number of hydrogen-bond acceptors (Lipinski definition) is 5. The van der Waals surface area contributed by atoms with E-state index in [1.54, 1.807) is 11.3 Å². The summed E-state index contributed by atoms with van der Waals surface area (Å²) in [6.45, 7) is 0.278. The second-order valence-electron chi connectivity index (χ2n) is 4.34. The van der Waals surface area contributed by atoms with Crippen LogP contribution in [0.2, 0.25) is 0 Å². The highest BCUT2D eigenvalue weighted by atomic mass is 32.2. The number of nitrogens with one attached hydrogen (secondary N) is 1. The first-order valence-electron chi connectivity index (χ1n) is 6.11. The maximum absolute atomic E-state index is 12.2. The van der Waals surface area contributed by atoms with Gasteiger partial charge in [0.2, 0.25) is 15.9 Å². The molecule has 112 valence electrons. The number of sulfonamides is 1. The van der Waals surface area contributed by atoms with Gasteiger partial charge in [0, 0.05) is 17.0 Å². The van der Waals surface area contributed by atoms with Crippen molar-refractivity contribution in [2.24, 2.45) is 5.73 Å². The van der Waals surface area contributed by atoms with Crippen LogP contribution in [0.3, 0.4) is 0 Å². The van der Waals surface area contributed by atoms with Crippen LogP contribution in [0.15, 0.2) is 40.6 Å². The second-order valence-corrected chi connectivity index (χ2v) is 7.11. The average Bonchev–Trinajstić information content (AvgIpc) is 2.91. The molecule has 0 bridgehead atoms. The third kappa shape index (κ3) is 3.81. The van der Waals surface area contributed by atoms with Gasteiger partial charge in [-0.1, -0.05) is 6.07 Å². The summed E-state index contributed by atoms with van der Waals surface area (Å²) < 4.78 is 26.8. The first kappa shape index (κ1) is 15.5. The molecule has 21 heavy (non-hydrogen) atoms. The van der Waals surface area contributed by atoms with Crippen LogP contribution in [0.5, 0.6) is 0 Å². The van der Waals surface area contributed by atoms with Crippen LogP contribution in [-0.2, 0) is 16.4 Å². The number of carbonyl (C=O) groups is 1. The van der Waals surface area contributed by atoms with Crippen LogP contribution in [0.25, 0.3) is 0 Å². The third-order valence-corrected chi connectivity index (χ3v) is 5.30. The number of hydrogen-bond donors (Lipinski definition) is 3. The minimum atomic E-state index is -3.71. The van der Waals surface area contributed by atoms with Gasteiger partial charge in [-0.25, -0.2) is 13.1 Å². The molecule has 1 heterocycles. The van der Waals surface area contributed by atoms with E-state index in [4.69, 9.17) is 11.5 Å². The molecule has 0 atom stereocenters. The molecule has 0 saturated heterocycles. The zero-order valence-electron chi connectivity index (χ0n) is 11.1. The number of primary amides is 1. The maximum Gasteiger partial charge on any atom is 0.248 e. The van der Waals surface area contributed by atoms with E-state index >= 15 is 0 Å². The van der Waals surface area contributed by atoms with Gasteiger partial charge in [0.1, 0.15) is 4.90 Å². The Hall–Kier alpha value is -1.90. The van der Waals surface area contributed by atoms with E-state index in [9.17, 15) is 13.2 Å². The SMILES string of the molecule is NC(=O)c1ccc(S(=O)(=O)NCCc2cccs2)c(N)c1. The molecule has 2 rings (SSSR count). The van der Waals surface area contributed by atoms with E-state index in [1.165, 1.54) is 18.2 Å². The summed E-state index contributed by atoms with van der Waals surface area (Å²) in [7, 11) is -3.71. The van der Waals surface area contributed by atoms with Crippen molar-refractivity contribution in [1.29, 1.82) is 0 Å². The molecule has 0 aliphatic heterocycles. The minimum absolute atomic E-state index is 0.00470. The number of carbonyl (C=O) groups excluding carboxylic acids is 1. The van der Waals surface area contributed by atoms with E-state index in [-0.39, 0.29) is 22.7 Å². The van der Waals surface area contributed by atoms with Gasteiger partial charge in [-0.05, 0) is 36.1 Å². The fourth-order valence-electron chi connectivity index (χ4n) is 1.79. The summed E-state index contributed by atoms with van der Waals surface area (Å²) in [4.78, 5) is 12.1. The molecule has 1 aromatic carbocycles. The first-order chi connectivity index (χ1) is 9.90. The smallest absolute Gasteiger partial charge is 0.248 e. The fourth-order valence-corrected chi connectivity index (χ4v) is 3.64. The lowest BCUT2D eigenvalue weighted by molar-refractivity contribution is 0.1000. The lowest BCUT2D eigenvalue weighted by atomic mass is 10.2. The van der Waals surface area contributed by atoms with Gasteiger partial charge in [-0.3, -0.25) is 4.79 Å². The third-order valence-electron chi connectivity index (χ3n) is 2.83. The number of thiophene rings is 1. The van der Waals surface area contributed by atoms with Crippen molar-refractivity contribution in [2.45, 2.75) is 11.3 Å². The topological polar surface area (TPSA) is 115 Å². The molecule has 0 spiro atoms. The predicted molar refractivity (Wildman–Crippen MR) is 82.6 cm³/mol. The van der Waals surface area contributed by atoms with Crippen molar-refractivity contribution in [3.05, 3.63) is 46.2 Å². The van der Waals surface area contributed by atoms with Crippen LogP contribution in [-0.4, -0.2) is 20.9 Å². The fraction of sp³-hybridized carbons (Fsp3) is 0.154. The van der Waals surface area contributed by atoms with E-state index in [1.807, 2.05) is 17.5 Å². The number of nitrogens with two attached hydrogens (primary N) is 2. The quantitative estimate of drug-likeness (QED) is 0.686. The van der Waals surface area contributed by atoms with Crippen LogP contribution in [0, 0.1) is 0 Å². The van der Waals surface area contributed by atoms with Crippen molar-refractivity contribution in [2.75, 3.05) is 12.3 Å². The molecule has 0 fully saturated rings. The second kappa shape index (κ2) is 6.25. The summed E-state index contributed by atoms with van der Waals surface area (Å²) in [5.74, 6) is -0.656. The standard InChI is InChI=1S/C13H15N3O3S2/c14-11-8-9(13(15)17)3-4-12(11)21(18,19)16-6-5-10-2-1-7-20-10/h1-4,7-8,16H,5-6,14H2,(H2,15,17). The van der Waals surface area contributed by atoms with Crippen LogP contribution in [0.1, 0.15) is 15.2 Å². The number of amides is 1. The predicted octanol–water partition coefficient (Wildman–Crippen LogP) is 0.950. The molecule has 0 radical (unpaired) electrons. The lowest BCUT2D eigenvalue weighted by Gasteiger charge is -2.09. The van der Waals surface area contributed by atoms with Crippen molar-refractivity contribution < 1.29 is 13.2 Å². The largest absolute Gasteiger partial charge is 0.398 e. The summed E-state index contributed by atoms with van der Waals surface area (Å²) in [6, 6.07) is 7.73. The molecule has 1 aromatic heterocycles. The van der Waals surface area contributed by atoms with Gasteiger partial charge >= 0.3 is 0 Å². The van der Waals surface area contributed by atoms with Gasteiger partial charge in [0.05, 0.1) is 5.69 Å². The zero-order chi connectivity index (χ0) is 15.5. The molecule has 5 N–H and O–H groups in total. The Bertz CT molecular complexity index is 740. The molecule has 0 unspecified atom stereocenters. The van der Waals surface area contributed by atoms with Gasteiger partial charge in [0.25, 0.3) is 0 Å². The summed E-state index contributed by atoms with van der Waals surface area (Å²) in [6.07, 6.45) is 0.607. The molecule has 1 amide bonds. The van der Waals surface area contributed by atoms with E-state index in [0.29, 0.717) is 6.42 Å². The Morgan fingerprint density at radius 1 is 1.29 bits per heavy atom. The summed E-state index contributed by atoms with van der Waals surface area (Å²) in [5.41, 5.74) is 11.0. The Labute approximate surface area is 126 Å². The minimum Gasteiger partial charge on any atom is -0.398 e. The maximum atomic E-state index is 12.2. The monoisotopic (exact) mass is 325 g/mol. The highest BCUT2D eigenvalue weighted by Gasteiger charge is 2.18. The molecular weight excluding hydrogens is 310 g/mol. The van der Waals surface area contributed by atoms with Crippen molar-refractivity contribution in [3.8, 4) is 0 Å². The van der Waals surface area contributed by atoms with Crippen molar-refractivity contribution >= 4 is 33.0 Å². The van der Waals surface area contributed by atoms with Crippen molar-refractivity contribution in [3.63, 3.8) is 0 Å². The first-order valence-corrected chi connectivity index (χ1v) is 8.48. The van der Waals surface area contributed by atoms with Crippen LogP contribution in [0.4, 0.5) is 5.69 Å². The van der Waals surface area contributed by atoms with Gasteiger partial charge in [-0.2, -0.15) is 0 Å². The Kier molecular flexibility index (Phi) is 4.61. The highest BCUT2D eigenvalue weighted by molar-refractivity contribution is 7.89. The zero-order valence-corrected chi connectivity index (χ0v) is 12.7. The van der Waals surface area contributed by atoms with Crippen LogP contribution >= 0.6 is 11.3 Å². The summed E-state index contributed by atoms with van der Waals surface area (Å²) >= 11 is 1.57. The number of benzene rings is 1. The molecule has 0 aliphatic rings. The lowest BCUT2D eigenvalue weighted by Crippen LogP contribution is -2.26. The number of rotatable bonds is 6. The Morgan fingerprint density at radius 3 is 2.62 bits per heavy atom. The Balaban J connectivity index is 2.10. The van der Waals surface area contributed by atoms with Crippen molar-refractivity contribution in [1.82, 2.24) is 4.72 Å². The normalized spacial score (nSPS) is 11.4. The van der Waals surface area contributed by atoms with Gasteiger partial charge < -0.3 is 11.5 Å². The molecule has 2 aromatic rings. The molecular formula is C13H15N3O3S2. The molecule has 8 heteroatoms. The van der Waals surface area contributed by atoms with Gasteiger partial charge in [-0.15, -0.1) is 11.3 Å². The van der Waals surface area contributed by atoms with E-state index in [2.05, 4.69) is 4.72 Å². The number of anilines is 1. The Morgan fingerprint density at radius 2 is 2.05 bits per heavy atom.